The number of benzene rings is 3. The highest BCUT2D eigenvalue weighted by Crippen LogP contribution is 2.27. The molecule has 0 unspecified atom stereocenters. The molecule has 36 heavy (non-hydrogen) atoms. The van der Waals surface area contributed by atoms with Gasteiger partial charge in [0.1, 0.15) is 0 Å². The van der Waals surface area contributed by atoms with Crippen LogP contribution >= 0.6 is 0 Å². The zero-order valence-electron chi connectivity index (χ0n) is 20.3. The van der Waals surface area contributed by atoms with E-state index >= 15 is 0 Å². The highest BCUT2D eigenvalue weighted by Gasteiger charge is 2.25. The van der Waals surface area contributed by atoms with E-state index in [1.54, 1.807) is 36.4 Å². The summed E-state index contributed by atoms with van der Waals surface area (Å²) < 4.78 is 14.4. The molecular weight excluding hydrogens is 462 g/mol. The van der Waals surface area contributed by atoms with Gasteiger partial charge in [0.05, 0.1) is 58.0 Å². The molecule has 3 aromatic rings. The van der Waals surface area contributed by atoms with E-state index in [1.807, 2.05) is 36.4 Å². The van der Waals surface area contributed by atoms with Crippen molar-refractivity contribution in [2.75, 3.05) is 56.0 Å². The average molecular weight is 490 g/mol. The fraction of sp³-hybridized carbons (Fsp3) is 0.222. The number of rotatable bonds is 6. The Morgan fingerprint density at radius 3 is 0.889 bits per heavy atom. The summed E-state index contributed by atoms with van der Waals surface area (Å²) in [5.74, 6) is -1.17. The van der Waals surface area contributed by atoms with Crippen LogP contribution in [0.25, 0.3) is 0 Å². The molecule has 0 N–H and O–H groups in total. The highest BCUT2D eigenvalue weighted by molar-refractivity contribution is 5.91. The molecule has 0 bridgehead atoms. The van der Waals surface area contributed by atoms with Crippen LogP contribution in [0.15, 0.2) is 72.8 Å². The highest BCUT2D eigenvalue weighted by atomic mass is 16.5. The van der Waals surface area contributed by atoms with Crippen molar-refractivity contribution in [2.45, 2.75) is 0 Å². The summed E-state index contributed by atoms with van der Waals surface area (Å²) in [4.78, 5) is 42.0. The number of hydrogen-bond donors (Lipinski definition) is 0. The molecule has 1 saturated heterocycles. The van der Waals surface area contributed by atoms with Crippen LogP contribution in [0.3, 0.4) is 0 Å². The average Bonchev–Trinajstić information content (AvgIpc) is 2.95. The Morgan fingerprint density at radius 1 is 0.472 bits per heavy atom. The predicted molar refractivity (Wildman–Crippen MR) is 135 cm³/mol. The zero-order valence-corrected chi connectivity index (χ0v) is 20.3. The second kappa shape index (κ2) is 10.8. The molecule has 186 valence electrons. The van der Waals surface area contributed by atoms with Gasteiger partial charge in [0.15, 0.2) is 0 Å². The minimum absolute atomic E-state index is 0.389. The molecular formula is C27H27N3O6. The van der Waals surface area contributed by atoms with Crippen LogP contribution in [-0.4, -0.2) is 59.2 Å². The lowest BCUT2D eigenvalue weighted by atomic mass is 10.1. The second-order valence-electron chi connectivity index (χ2n) is 8.16. The first-order valence-electron chi connectivity index (χ1n) is 11.2. The molecule has 1 fully saturated rings. The van der Waals surface area contributed by atoms with Gasteiger partial charge in [0.25, 0.3) is 0 Å². The minimum Gasteiger partial charge on any atom is -0.465 e. The van der Waals surface area contributed by atoms with Gasteiger partial charge in [-0.1, -0.05) is 0 Å². The largest absolute Gasteiger partial charge is 0.465 e. The summed E-state index contributed by atoms with van der Waals surface area (Å²) >= 11 is 0. The van der Waals surface area contributed by atoms with Crippen molar-refractivity contribution in [2.24, 2.45) is 0 Å². The standard InChI is InChI=1S/C27H27N3O6/c1-34-25(31)19-4-10-22(11-5-19)28-16-29(23-12-6-20(7-13-23)26(32)35-2)18-30(17-28)24-14-8-21(9-15-24)27(33)36-3/h4-15H,16-18H2,1-3H3. The minimum atomic E-state index is -0.389. The Balaban J connectivity index is 1.63. The Kier molecular flexibility index (Phi) is 7.39. The Bertz CT molecular complexity index is 1060. The molecule has 1 aliphatic rings. The first kappa shape index (κ1) is 24.6. The van der Waals surface area contributed by atoms with Gasteiger partial charge >= 0.3 is 17.9 Å². The van der Waals surface area contributed by atoms with E-state index in [1.165, 1.54) is 21.3 Å². The van der Waals surface area contributed by atoms with Crippen LogP contribution in [0, 0.1) is 0 Å². The van der Waals surface area contributed by atoms with Gasteiger partial charge in [-0.3, -0.25) is 0 Å². The normalized spacial score (nSPS) is 13.2. The Labute approximate surface area is 209 Å². The molecule has 9 heteroatoms. The van der Waals surface area contributed by atoms with Crippen LogP contribution in [0.4, 0.5) is 17.1 Å². The number of ether oxygens (including phenoxy) is 3. The molecule has 0 amide bonds. The molecule has 3 aromatic carbocycles. The molecule has 4 rings (SSSR count). The van der Waals surface area contributed by atoms with Crippen molar-refractivity contribution < 1.29 is 28.6 Å². The van der Waals surface area contributed by atoms with Crippen LogP contribution in [0.5, 0.6) is 0 Å². The maximum Gasteiger partial charge on any atom is 0.337 e. The zero-order chi connectivity index (χ0) is 25.7. The summed E-state index contributed by atoms with van der Waals surface area (Å²) in [6.07, 6.45) is 0. The molecule has 1 aliphatic heterocycles. The van der Waals surface area contributed by atoms with E-state index in [0.717, 1.165) is 17.1 Å². The number of methoxy groups -OCH3 is 3. The third kappa shape index (κ3) is 5.25. The lowest BCUT2D eigenvalue weighted by Gasteiger charge is -2.45. The molecule has 0 saturated carbocycles. The van der Waals surface area contributed by atoms with Crippen molar-refractivity contribution in [3.05, 3.63) is 89.5 Å². The van der Waals surface area contributed by atoms with Crippen LogP contribution in [0.1, 0.15) is 31.1 Å². The lowest BCUT2D eigenvalue weighted by molar-refractivity contribution is 0.0592. The molecule has 0 aliphatic carbocycles. The third-order valence-corrected chi connectivity index (χ3v) is 5.98. The lowest BCUT2D eigenvalue weighted by Crippen LogP contribution is -2.55. The summed E-state index contributed by atoms with van der Waals surface area (Å²) in [5.41, 5.74) is 4.20. The van der Waals surface area contributed by atoms with Crippen molar-refractivity contribution in [1.29, 1.82) is 0 Å². The number of nitrogens with zero attached hydrogens (tertiary/aromatic N) is 3. The van der Waals surface area contributed by atoms with E-state index in [9.17, 15) is 14.4 Å². The number of carbonyl (C=O) groups excluding carboxylic acids is 3. The van der Waals surface area contributed by atoms with Gasteiger partial charge in [0, 0.05) is 17.1 Å². The molecule has 1 heterocycles. The topological polar surface area (TPSA) is 88.6 Å². The number of anilines is 3. The summed E-state index contributed by atoms with van der Waals surface area (Å²) in [5, 5.41) is 0. The Hall–Kier alpha value is -4.53. The van der Waals surface area contributed by atoms with Gasteiger partial charge < -0.3 is 28.9 Å². The molecule has 0 radical (unpaired) electrons. The first-order valence-corrected chi connectivity index (χ1v) is 11.2. The number of carbonyl (C=O) groups is 3. The molecule has 9 nitrogen and oxygen atoms in total. The first-order chi connectivity index (χ1) is 17.4. The van der Waals surface area contributed by atoms with Gasteiger partial charge in [-0.05, 0) is 72.8 Å². The molecule has 0 spiro atoms. The summed E-state index contributed by atoms with van der Waals surface area (Å²) in [6, 6.07) is 21.7. The van der Waals surface area contributed by atoms with Crippen LogP contribution in [-0.2, 0) is 14.2 Å². The number of esters is 3. The van der Waals surface area contributed by atoms with Gasteiger partial charge in [-0.25, -0.2) is 14.4 Å². The second-order valence-corrected chi connectivity index (χ2v) is 8.16. The smallest absolute Gasteiger partial charge is 0.337 e. The fourth-order valence-electron chi connectivity index (χ4n) is 4.02. The summed E-state index contributed by atoms with van der Waals surface area (Å²) in [6.45, 7) is 1.73. The molecule has 0 atom stereocenters. The third-order valence-electron chi connectivity index (χ3n) is 5.98. The maximum atomic E-state index is 11.9. The molecule has 0 aromatic heterocycles. The van der Waals surface area contributed by atoms with Crippen molar-refractivity contribution in [3.8, 4) is 0 Å². The number of hydrogen-bond acceptors (Lipinski definition) is 9. The summed E-state index contributed by atoms with van der Waals surface area (Å²) in [7, 11) is 4.06. The van der Waals surface area contributed by atoms with Gasteiger partial charge in [0.2, 0.25) is 0 Å². The van der Waals surface area contributed by atoms with E-state index in [4.69, 9.17) is 14.2 Å². The van der Waals surface area contributed by atoms with Crippen molar-refractivity contribution >= 4 is 35.0 Å². The van der Waals surface area contributed by atoms with Crippen molar-refractivity contribution in [3.63, 3.8) is 0 Å². The van der Waals surface area contributed by atoms with Gasteiger partial charge in [-0.2, -0.15) is 0 Å². The van der Waals surface area contributed by atoms with Crippen LogP contribution in [0.2, 0.25) is 0 Å². The predicted octanol–water partition coefficient (Wildman–Crippen LogP) is 3.75. The van der Waals surface area contributed by atoms with E-state index < -0.39 is 0 Å². The Morgan fingerprint density at radius 2 is 0.694 bits per heavy atom. The van der Waals surface area contributed by atoms with E-state index in [0.29, 0.717) is 36.7 Å². The van der Waals surface area contributed by atoms with E-state index in [-0.39, 0.29) is 17.9 Å². The fourth-order valence-corrected chi connectivity index (χ4v) is 4.02. The van der Waals surface area contributed by atoms with Crippen LogP contribution < -0.4 is 14.7 Å². The van der Waals surface area contributed by atoms with Crippen molar-refractivity contribution in [1.82, 2.24) is 0 Å². The maximum absolute atomic E-state index is 11.9. The SMILES string of the molecule is COC(=O)c1ccc(N2CN(c3ccc(C(=O)OC)cc3)CN(c3ccc(C(=O)OC)cc3)C2)cc1. The van der Waals surface area contributed by atoms with Gasteiger partial charge in [-0.15, -0.1) is 0 Å². The monoisotopic (exact) mass is 489 g/mol. The van der Waals surface area contributed by atoms with E-state index in [2.05, 4.69) is 14.7 Å². The quantitative estimate of drug-likeness (QED) is 0.379.